The van der Waals surface area contributed by atoms with E-state index in [9.17, 15) is 9.59 Å². The van der Waals surface area contributed by atoms with Gasteiger partial charge in [0.15, 0.2) is 5.69 Å². The predicted molar refractivity (Wildman–Crippen MR) is 56.2 cm³/mol. The van der Waals surface area contributed by atoms with E-state index < -0.39 is 5.97 Å². The number of nitrogens with zero attached hydrogens (tertiary/aromatic N) is 2. The smallest absolute Gasteiger partial charge is 0.356 e. The highest BCUT2D eigenvalue weighted by Crippen LogP contribution is 2.00. The van der Waals surface area contributed by atoms with E-state index >= 15 is 0 Å². The molecule has 1 aromatic rings. The number of anilines is 1. The number of hydrogen-bond donors (Lipinski definition) is 3. The molecule has 0 aliphatic rings. The molecule has 0 saturated carbocycles. The molecule has 3 N–H and O–H groups in total. The maximum Gasteiger partial charge on any atom is 0.356 e. The molecule has 1 amide bonds. The Kier molecular flexibility index (Phi) is 4.19. The highest BCUT2D eigenvalue weighted by molar-refractivity contribution is 5.84. The van der Waals surface area contributed by atoms with E-state index in [0.29, 0.717) is 18.8 Å². The van der Waals surface area contributed by atoms with Gasteiger partial charge in [0.2, 0.25) is 5.91 Å². The van der Waals surface area contributed by atoms with Gasteiger partial charge < -0.3 is 15.7 Å². The van der Waals surface area contributed by atoms with E-state index in [0.717, 1.165) is 6.20 Å². The molecule has 16 heavy (non-hydrogen) atoms. The third-order valence-electron chi connectivity index (χ3n) is 1.81. The van der Waals surface area contributed by atoms with Crippen molar-refractivity contribution in [3.05, 3.63) is 18.1 Å². The molecule has 1 heterocycles. The number of carbonyl (C=O) groups excluding carboxylic acids is 1. The largest absolute Gasteiger partial charge is 0.476 e. The third-order valence-corrected chi connectivity index (χ3v) is 1.81. The zero-order valence-electron chi connectivity index (χ0n) is 8.73. The minimum atomic E-state index is -1.12. The summed E-state index contributed by atoms with van der Waals surface area (Å²) in [5.41, 5.74) is -0.114. The fourth-order valence-corrected chi connectivity index (χ4v) is 0.959. The highest BCUT2D eigenvalue weighted by atomic mass is 16.4. The van der Waals surface area contributed by atoms with Crippen LogP contribution in [-0.4, -0.2) is 40.5 Å². The van der Waals surface area contributed by atoms with Gasteiger partial charge in [-0.2, -0.15) is 0 Å². The van der Waals surface area contributed by atoms with Crippen LogP contribution in [0.15, 0.2) is 12.4 Å². The summed E-state index contributed by atoms with van der Waals surface area (Å²) in [4.78, 5) is 28.9. The van der Waals surface area contributed by atoms with E-state index in [-0.39, 0.29) is 11.6 Å². The van der Waals surface area contributed by atoms with E-state index in [1.807, 2.05) is 0 Å². The number of aromatic carboxylic acids is 1. The lowest BCUT2D eigenvalue weighted by molar-refractivity contribution is -0.120. The van der Waals surface area contributed by atoms with Gasteiger partial charge in [-0.05, 0) is 0 Å². The lowest BCUT2D eigenvalue weighted by atomic mass is 10.4. The zero-order valence-corrected chi connectivity index (χ0v) is 8.73. The molecule has 0 fully saturated rings. The Balaban J connectivity index is 2.43. The van der Waals surface area contributed by atoms with Crippen molar-refractivity contribution in [3.8, 4) is 0 Å². The van der Waals surface area contributed by atoms with Crippen LogP contribution in [0.4, 0.5) is 5.82 Å². The second-order valence-electron chi connectivity index (χ2n) is 2.94. The number of carbonyl (C=O) groups is 2. The molecule has 0 aromatic carbocycles. The molecule has 0 aliphatic carbocycles. The van der Waals surface area contributed by atoms with E-state index in [4.69, 9.17) is 5.11 Å². The minimum absolute atomic E-state index is 0.0809. The van der Waals surface area contributed by atoms with Crippen LogP contribution in [0.25, 0.3) is 0 Å². The van der Waals surface area contributed by atoms with Crippen molar-refractivity contribution in [2.24, 2.45) is 0 Å². The SMILES string of the molecule is CNC(=O)CCNc1cnc(C(=O)O)cn1. The first-order valence-corrected chi connectivity index (χ1v) is 4.63. The molecule has 0 unspecified atom stereocenters. The van der Waals surface area contributed by atoms with E-state index in [2.05, 4.69) is 20.6 Å². The van der Waals surface area contributed by atoms with Gasteiger partial charge in [-0.1, -0.05) is 0 Å². The molecule has 7 heteroatoms. The first kappa shape index (κ1) is 11.9. The van der Waals surface area contributed by atoms with Crippen LogP contribution in [0, 0.1) is 0 Å². The van der Waals surface area contributed by atoms with Gasteiger partial charge in [-0.3, -0.25) is 4.79 Å². The summed E-state index contributed by atoms with van der Waals surface area (Å²) in [6.07, 6.45) is 2.79. The standard InChI is InChI=1S/C9H12N4O3/c1-10-8(14)2-3-11-7-5-12-6(4-13-7)9(15)16/h4-5H,2-3H2,1H3,(H,10,14)(H,11,13)(H,15,16). The van der Waals surface area contributed by atoms with Gasteiger partial charge in [0.25, 0.3) is 0 Å². The Morgan fingerprint density at radius 3 is 2.62 bits per heavy atom. The molecule has 1 rings (SSSR count). The van der Waals surface area contributed by atoms with Gasteiger partial charge >= 0.3 is 5.97 Å². The molecule has 0 atom stereocenters. The number of carboxylic acid groups (broad SMARTS) is 1. The number of nitrogens with one attached hydrogen (secondary N) is 2. The first-order chi connectivity index (χ1) is 7.63. The Bertz CT molecular complexity index is 377. The van der Waals surface area contributed by atoms with Crippen molar-refractivity contribution in [1.82, 2.24) is 15.3 Å². The highest BCUT2D eigenvalue weighted by Gasteiger charge is 2.04. The number of aromatic nitrogens is 2. The normalized spacial score (nSPS) is 9.56. The van der Waals surface area contributed by atoms with Crippen LogP contribution in [0.3, 0.4) is 0 Å². The van der Waals surface area contributed by atoms with Crippen molar-refractivity contribution in [3.63, 3.8) is 0 Å². The topological polar surface area (TPSA) is 104 Å². The van der Waals surface area contributed by atoms with Crippen molar-refractivity contribution < 1.29 is 14.7 Å². The quantitative estimate of drug-likeness (QED) is 0.635. The van der Waals surface area contributed by atoms with Crippen LogP contribution in [0.1, 0.15) is 16.9 Å². The first-order valence-electron chi connectivity index (χ1n) is 4.63. The summed E-state index contributed by atoms with van der Waals surface area (Å²) < 4.78 is 0. The van der Waals surface area contributed by atoms with Crippen molar-refractivity contribution in [2.45, 2.75) is 6.42 Å². The Morgan fingerprint density at radius 1 is 1.38 bits per heavy atom. The second-order valence-corrected chi connectivity index (χ2v) is 2.94. The summed E-state index contributed by atoms with van der Waals surface area (Å²) in [6.45, 7) is 0.417. The van der Waals surface area contributed by atoms with Crippen LogP contribution in [0.5, 0.6) is 0 Å². The lowest BCUT2D eigenvalue weighted by Crippen LogP contribution is -2.21. The Labute approximate surface area is 91.9 Å². The van der Waals surface area contributed by atoms with Crippen molar-refractivity contribution >= 4 is 17.7 Å². The molecule has 7 nitrogen and oxygen atoms in total. The summed E-state index contributed by atoms with van der Waals surface area (Å²) in [6, 6.07) is 0. The summed E-state index contributed by atoms with van der Waals surface area (Å²) >= 11 is 0. The number of hydrogen-bond acceptors (Lipinski definition) is 5. The summed E-state index contributed by atoms with van der Waals surface area (Å²) in [5.74, 6) is -0.763. The maximum absolute atomic E-state index is 10.9. The van der Waals surface area contributed by atoms with Gasteiger partial charge in [-0.25, -0.2) is 14.8 Å². The monoisotopic (exact) mass is 224 g/mol. The molecule has 0 aliphatic heterocycles. The van der Waals surface area contributed by atoms with Gasteiger partial charge in [-0.15, -0.1) is 0 Å². The molecular formula is C9H12N4O3. The van der Waals surface area contributed by atoms with Gasteiger partial charge in [0, 0.05) is 20.0 Å². The minimum Gasteiger partial charge on any atom is -0.476 e. The summed E-state index contributed by atoms with van der Waals surface area (Å²) in [5, 5.41) is 13.9. The molecule has 0 saturated heterocycles. The van der Waals surface area contributed by atoms with E-state index in [1.54, 1.807) is 7.05 Å². The van der Waals surface area contributed by atoms with Gasteiger partial charge in [0.1, 0.15) is 5.82 Å². The van der Waals surface area contributed by atoms with Crippen LogP contribution >= 0.6 is 0 Å². The molecular weight excluding hydrogens is 212 g/mol. The van der Waals surface area contributed by atoms with Gasteiger partial charge in [0.05, 0.1) is 12.4 Å². The Hall–Kier alpha value is -2.18. The van der Waals surface area contributed by atoms with Crippen LogP contribution < -0.4 is 10.6 Å². The van der Waals surface area contributed by atoms with Crippen LogP contribution in [-0.2, 0) is 4.79 Å². The molecule has 1 aromatic heterocycles. The second kappa shape index (κ2) is 5.64. The predicted octanol–water partition coefficient (Wildman–Crippen LogP) is -0.277. The fourth-order valence-electron chi connectivity index (χ4n) is 0.959. The number of amides is 1. The van der Waals surface area contributed by atoms with E-state index in [1.165, 1.54) is 6.20 Å². The number of carboxylic acids is 1. The number of rotatable bonds is 5. The van der Waals surface area contributed by atoms with Crippen molar-refractivity contribution in [1.29, 1.82) is 0 Å². The molecule has 0 bridgehead atoms. The molecule has 86 valence electrons. The maximum atomic E-state index is 10.9. The lowest BCUT2D eigenvalue weighted by Gasteiger charge is -2.04. The average molecular weight is 224 g/mol. The Morgan fingerprint density at radius 2 is 2.12 bits per heavy atom. The third kappa shape index (κ3) is 3.52. The zero-order chi connectivity index (χ0) is 12.0. The van der Waals surface area contributed by atoms with Crippen molar-refractivity contribution in [2.75, 3.05) is 18.9 Å². The molecule has 0 radical (unpaired) electrons. The fraction of sp³-hybridized carbons (Fsp3) is 0.333. The summed E-state index contributed by atoms with van der Waals surface area (Å²) in [7, 11) is 1.56. The molecule has 0 spiro atoms. The average Bonchev–Trinajstić information content (AvgIpc) is 2.29. The van der Waals surface area contributed by atoms with Crippen LogP contribution in [0.2, 0.25) is 0 Å².